The largest absolute Gasteiger partial charge is 0.352 e. The molecule has 2 N–H and O–H groups in total. The van der Waals surface area contributed by atoms with Crippen molar-refractivity contribution in [1.29, 1.82) is 0 Å². The van der Waals surface area contributed by atoms with Crippen molar-refractivity contribution < 1.29 is 14.4 Å². The molecule has 6 heteroatoms. The van der Waals surface area contributed by atoms with Crippen molar-refractivity contribution in [1.82, 2.24) is 15.5 Å². The molecule has 0 saturated heterocycles. The molecular weight excluding hydrogens is 306 g/mol. The van der Waals surface area contributed by atoms with Gasteiger partial charge >= 0.3 is 0 Å². The molecule has 1 saturated carbocycles. The van der Waals surface area contributed by atoms with Gasteiger partial charge in [0, 0.05) is 19.2 Å². The van der Waals surface area contributed by atoms with E-state index in [4.69, 9.17) is 0 Å². The van der Waals surface area contributed by atoms with Crippen LogP contribution in [0.15, 0.2) is 30.5 Å². The van der Waals surface area contributed by atoms with Crippen LogP contribution in [0.4, 0.5) is 0 Å². The summed E-state index contributed by atoms with van der Waals surface area (Å²) in [5, 5.41) is 5.47. The lowest BCUT2D eigenvalue weighted by Gasteiger charge is -2.32. The normalized spacial score (nSPS) is 18.7. The lowest BCUT2D eigenvalue weighted by molar-refractivity contribution is -0.131. The molecule has 0 aromatic heterocycles. The molecule has 0 radical (unpaired) electrons. The third-order valence-corrected chi connectivity index (χ3v) is 4.24. The molecule has 1 fully saturated rings. The minimum atomic E-state index is -0.352. The first-order valence-corrected chi connectivity index (χ1v) is 8.16. The van der Waals surface area contributed by atoms with E-state index in [0.29, 0.717) is 0 Å². The van der Waals surface area contributed by atoms with Gasteiger partial charge in [-0.25, -0.2) is 0 Å². The van der Waals surface area contributed by atoms with E-state index in [1.54, 1.807) is 11.1 Å². The van der Waals surface area contributed by atoms with E-state index in [2.05, 4.69) is 10.6 Å². The summed E-state index contributed by atoms with van der Waals surface area (Å²) in [5.74, 6) is -0.537. The summed E-state index contributed by atoms with van der Waals surface area (Å²) >= 11 is 0. The van der Waals surface area contributed by atoms with E-state index in [0.717, 1.165) is 24.0 Å². The lowest BCUT2D eigenvalue weighted by atomic mass is 9.93. The standard InChI is InChI=1S/C18H21N3O3/c1-12(22)21-9-8-13-4-2-3-5-15(13)16(21)10-17(23)19-11-18(24)20-14-6-7-14/h2-5,8-9,14,16H,6-7,10-11H2,1H3,(H,19,23)(H,20,24)/t16-/m1/s1. The molecule has 0 unspecified atom stereocenters. The van der Waals surface area contributed by atoms with Gasteiger partial charge in [0.1, 0.15) is 0 Å². The number of benzene rings is 1. The number of hydrogen-bond acceptors (Lipinski definition) is 3. The Morgan fingerprint density at radius 1 is 1.17 bits per heavy atom. The number of amides is 3. The molecule has 0 spiro atoms. The summed E-state index contributed by atoms with van der Waals surface area (Å²) in [4.78, 5) is 37.3. The minimum absolute atomic E-state index is 0.0282. The number of fused-ring (bicyclic) bond motifs is 1. The Balaban J connectivity index is 1.64. The van der Waals surface area contributed by atoms with Crippen molar-refractivity contribution in [2.45, 2.75) is 38.3 Å². The van der Waals surface area contributed by atoms with Gasteiger partial charge in [0.15, 0.2) is 0 Å². The molecular formula is C18H21N3O3. The maximum atomic E-state index is 12.2. The van der Waals surface area contributed by atoms with Crippen LogP contribution in [0.3, 0.4) is 0 Å². The topological polar surface area (TPSA) is 78.5 Å². The predicted molar refractivity (Wildman–Crippen MR) is 89.5 cm³/mol. The Hall–Kier alpha value is -2.63. The summed E-state index contributed by atoms with van der Waals surface area (Å²) in [6.45, 7) is 1.45. The second kappa shape index (κ2) is 6.86. The van der Waals surface area contributed by atoms with Crippen LogP contribution in [-0.4, -0.2) is 35.2 Å². The Labute approximate surface area is 140 Å². The average Bonchev–Trinajstić information content (AvgIpc) is 3.37. The van der Waals surface area contributed by atoms with Crippen LogP contribution in [0.2, 0.25) is 0 Å². The van der Waals surface area contributed by atoms with E-state index >= 15 is 0 Å². The van der Waals surface area contributed by atoms with Gasteiger partial charge in [0.05, 0.1) is 19.0 Å². The number of rotatable bonds is 5. The van der Waals surface area contributed by atoms with Crippen LogP contribution < -0.4 is 10.6 Å². The fourth-order valence-electron chi connectivity index (χ4n) is 2.85. The highest BCUT2D eigenvalue weighted by Gasteiger charge is 2.28. The van der Waals surface area contributed by atoms with Gasteiger partial charge in [-0.05, 0) is 30.0 Å². The monoisotopic (exact) mass is 327 g/mol. The van der Waals surface area contributed by atoms with Crippen LogP contribution >= 0.6 is 0 Å². The molecule has 1 aliphatic heterocycles. The van der Waals surface area contributed by atoms with Gasteiger partial charge in [-0.2, -0.15) is 0 Å². The highest BCUT2D eigenvalue weighted by molar-refractivity contribution is 5.86. The smallest absolute Gasteiger partial charge is 0.239 e. The first-order valence-electron chi connectivity index (χ1n) is 8.16. The van der Waals surface area contributed by atoms with Crippen LogP contribution in [-0.2, 0) is 14.4 Å². The number of nitrogens with one attached hydrogen (secondary N) is 2. The summed E-state index contributed by atoms with van der Waals surface area (Å²) in [5.41, 5.74) is 1.94. The minimum Gasteiger partial charge on any atom is -0.352 e. The fourth-order valence-corrected chi connectivity index (χ4v) is 2.85. The molecule has 1 aromatic rings. The number of carbonyl (C=O) groups is 3. The maximum absolute atomic E-state index is 12.2. The van der Waals surface area contributed by atoms with E-state index in [1.807, 2.05) is 30.3 Å². The molecule has 2 aliphatic rings. The number of hydrogen-bond donors (Lipinski definition) is 2. The summed E-state index contributed by atoms with van der Waals surface area (Å²) in [6, 6.07) is 7.62. The molecule has 1 atom stereocenters. The van der Waals surface area contributed by atoms with Gasteiger partial charge in [0.25, 0.3) is 0 Å². The second-order valence-corrected chi connectivity index (χ2v) is 6.21. The Bertz CT molecular complexity index is 695. The van der Waals surface area contributed by atoms with Crippen molar-refractivity contribution in [2.75, 3.05) is 6.54 Å². The van der Waals surface area contributed by atoms with E-state index in [-0.39, 0.29) is 42.8 Å². The molecule has 1 aromatic carbocycles. The zero-order valence-corrected chi connectivity index (χ0v) is 13.6. The molecule has 0 bridgehead atoms. The fraction of sp³-hybridized carbons (Fsp3) is 0.389. The van der Waals surface area contributed by atoms with Crippen molar-refractivity contribution >= 4 is 23.8 Å². The third-order valence-electron chi connectivity index (χ3n) is 4.24. The van der Waals surface area contributed by atoms with Crippen LogP contribution in [0.5, 0.6) is 0 Å². The second-order valence-electron chi connectivity index (χ2n) is 6.21. The number of carbonyl (C=O) groups excluding carboxylic acids is 3. The zero-order chi connectivity index (χ0) is 17.1. The van der Waals surface area contributed by atoms with E-state index in [9.17, 15) is 14.4 Å². The molecule has 1 aliphatic carbocycles. The molecule has 3 rings (SSSR count). The van der Waals surface area contributed by atoms with E-state index < -0.39 is 0 Å². The highest BCUT2D eigenvalue weighted by atomic mass is 16.2. The van der Waals surface area contributed by atoms with Crippen molar-refractivity contribution in [2.24, 2.45) is 0 Å². The summed E-state index contributed by atoms with van der Waals surface area (Å²) in [6.07, 6.45) is 5.73. The first kappa shape index (κ1) is 16.2. The van der Waals surface area contributed by atoms with E-state index in [1.165, 1.54) is 6.92 Å². The van der Waals surface area contributed by atoms with Gasteiger partial charge in [-0.15, -0.1) is 0 Å². The SMILES string of the molecule is CC(=O)N1C=Cc2ccccc2[C@H]1CC(=O)NCC(=O)NC1CC1. The Morgan fingerprint density at radius 2 is 1.92 bits per heavy atom. The molecule has 24 heavy (non-hydrogen) atoms. The van der Waals surface area contributed by atoms with Crippen molar-refractivity contribution in [3.8, 4) is 0 Å². The quantitative estimate of drug-likeness (QED) is 0.857. The third kappa shape index (κ3) is 3.82. The van der Waals surface area contributed by atoms with Crippen LogP contribution in [0.25, 0.3) is 6.08 Å². The lowest BCUT2D eigenvalue weighted by Crippen LogP contribution is -2.40. The molecule has 126 valence electrons. The Kier molecular flexibility index (Phi) is 4.64. The number of nitrogens with zero attached hydrogens (tertiary/aromatic N) is 1. The van der Waals surface area contributed by atoms with Crippen molar-refractivity contribution in [3.05, 3.63) is 41.6 Å². The van der Waals surface area contributed by atoms with Gasteiger partial charge in [-0.1, -0.05) is 24.3 Å². The van der Waals surface area contributed by atoms with Crippen LogP contribution in [0, 0.1) is 0 Å². The van der Waals surface area contributed by atoms with Gasteiger partial charge in [0.2, 0.25) is 17.7 Å². The maximum Gasteiger partial charge on any atom is 0.239 e. The Morgan fingerprint density at radius 3 is 2.62 bits per heavy atom. The summed E-state index contributed by atoms with van der Waals surface area (Å²) < 4.78 is 0. The van der Waals surface area contributed by atoms with Crippen LogP contribution in [0.1, 0.15) is 43.4 Å². The highest BCUT2D eigenvalue weighted by Crippen LogP contribution is 2.32. The molecule has 1 heterocycles. The summed E-state index contributed by atoms with van der Waals surface area (Å²) in [7, 11) is 0. The molecule has 3 amide bonds. The predicted octanol–water partition coefficient (Wildman–Crippen LogP) is 1.35. The molecule has 6 nitrogen and oxygen atoms in total. The van der Waals surface area contributed by atoms with Crippen molar-refractivity contribution in [3.63, 3.8) is 0 Å². The van der Waals surface area contributed by atoms with Gasteiger partial charge in [-0.3, -0.25) is 14.4 Å². The first-order chi connectivity index (χ1) is 11.5. The zero-order valence-electron chi connectivity index (χ0n) is 13.6. The average molecular weight is 327 g/mol. The van der Waals surface area contributed by atoms with Gasteiger partial charge < -0.3 is 15.5 Å².